The van der Waals surface area contributed by atoms with Crippen LogP contribution in [0.4, 0.5) is 0 Å². The molecule has 3 unspecified atom stereocenters. The van der Waals surface area contributed by atoms with Gasteiger partial charge in [-0.3, -0.25) is 14.4 Å². The second-order valence-corrected chi connectivity index (χ2v) is 18.7. The topological polar surface area (TPSA) is 112 Å². The average molecular weight is 835 g/mol. The van der Waals surface area contributed by atoms with E-state index >= 15 is 0 Å². The molecule has 6 nitrogen and oxygen atoms in total. The van der Waals surface area contributed by atoms with Gasteiger partial charge in [-0.15, -0.1) is 0 Å². The number of Topliss-reactive ketones (excluding diaryl/α,β-unsaturated/α-hetero) is 3. The SMILES string of the molecule is CCCCCCCCCCCCCCCCCC(=O)C(O)C(O)(C(=O)CCCCCCCCCCCCCCC)C(O)C(=O)CCCCCCCCCCCCCCC. The van der Waals surface area contributed by atoms with Gasteiger partial charge in [0.2, 0.25) is 0 Å². The van der Waals surface area contributed by atoms with Crippen LogP contribution in [-0.2, 0) is 14.4 Å². The summed E-state index contributed by atoms with van der Waals surface area (Å²) in [4.78, 5) is 40.1. The number of hydrogen-bond acceptors (Lipinski definition) is 6. The molecular formula is C53H102O6. The molecule has 0 saturated heterocycles. The third kappa shape index (κ3) is 33.2. The molecule has 6 heteroatoms. The van der Waals surface area contributed by atoms with E-state index in [2.05, 4.69) is 20.8 Å². The first-order chi connectivity index (χ1) is 28.8. The highest BCUT2D eigenvalue weighted by atomic mass is 16.4. The fourth-order valence-corrected chi connectivity index (χ4v) is 8.71. The van der Waals surface area contributed by atoms with Crippen LogP contribution in [0.25, 0.3) is 0 Å². The van der Waals surface area contributed by atoms with Crippen molar-refractivity contribution >= 4 is 17.3 Å². The van der Waals surface area contributed by atoms with Gasteiger partial charge in [0.25, 0.3) is 0 Å². The predicted octanol–water partition coefficient (Wildman–Crippen LogP) is 15.4. The van der Waals surface area contributed by atoms with E-state index < -0.39 is 35.2 Å². The summed E-state index contributed by atoms with van der Waals surface area (Å²) in [6.07, 6.45) is 43.9. The van der Waals surface area contributed by atoms with E-state index in [4.69, 9.17) is 0 Å². The first-order valence-electron chi connectivity index (χ1n) is 26.4. The van der Waals surface area contributed by atoms with Crippen molar-refractivity contribution in [3.8, 4) is 0 Å². The lowest BCUT2D eigenvalue weighted by atomic mass is 9.78. The lowest BCUT2D eigenvalue weighted by Crippen LogP contribution is -2.63. The number of aliphatic hydroxyl groups excluding tert-OH is 2. The number of ketones is 3. The zero-order chi connectivity index (χ0) is 43.5. The molecule has 0 bridgehead atoms. The molecule has 59 heavy (non-hydrogen) atoms. The van der Waals surface area contributed by atoms with Crippen molar-refractivity contribution < 1.29 is 29.7 Å². The highest BCUT2D eigenvalue weighted by Crippen LogP contribution is 2.26. The minimum absolute atomic E-state index is 0.0210. The molecule has 0 aliphatic heterocycles. The van der Waals surface area contributed by atoms with Crippen molar-refractivity contribution in [3.05, 3.63) is 0 Å². The van der Waals surface area contributed by atoms with E-state index in [1.165, 1.54) is 186 Å². The molecule has 350 valence electrons. The van der Waals surface area contributed by atoms with Crippen LogP contribution in [0, 0.1) is 0 Å². The Kier molecular flexibility index (Phi) is 42.7. The predicted molar refractivity (Wildman–Crippen MR) is 252 cm³/mol. The quantitative estimate of drug-likeness (QED) is 0.0526. The van der Waals surface area contributed by atoms with Crippen LogP contribution in [0.15, 0.2) is 0 Å². The van der Waals surface area contributed by atoms with Crippen molar-refractivity contribution in [2.45, 2.75) is 321 Å². The number of rotatable bonds is 49. The molecule has 0 aromatic rings. The molecule has 0 rings (SSSR count). The standard InChI is InChI=1S/C53H102O6/c1-4-7-10-13-16-19-22-25-26-29-31-34-37-40-43-46-49(55)52(58)53(59,50(56)47-44-41-38-35-32-28-24-21-18-15-12-9-6-3)51(57)48(54)45-42-39-36-33-30-27-23-20-17-14-11-8-5-2/h51-52,57-59H,4-47H2,1-3H3. The lowest BCUT2D eigenvalue weighted by Gasteiger charge is -2.34. The van der Waals surface area contributed by atoms with Gasteiger partial charge < -0.3 is 15.3 Å². The monoisotopic (exact) mass is 835 g/mol. The highest BCUT2D eigenvalue weighted by molar-refractivity contribution is 6.01. The maximum atomic E-state index is 13.6. The summed E-state index contributed by atoms with van der Waals surface area (Å²) >= 11 is 0. The van der Waals surface area contributed by atoms with E-state index in [-0.39, 0.29) is 19.3 Å². The Hall–Kier alpha value is -1.11. The number of unbranched alkanes of at least 4 members (excludes halogenated alkanes) is 38. The molecule has 0 aromatic heterocycles. The van der Waals surface area contributed by atoms with Gasteiger partial charge in [-0.2, -0.15) is 0 Å². The highest BCUT2D eigenvalue weighted by Gasteiger charge is 2.53. The van der Waals surface area contributed by atoms with Crippen LogP contribution in [0.2, 0.25) is 0 Å². The lowest BCUT2D eigenvalue weighted by molar-refractivity contribution is -0.181. The number of aliphatic hydroxyl groups is 3. The number of carbonyl (C=O) groups is 3. The zero-order valence-corrected chi connectivity index (χ0v) is 39.8. The molecule has 0 aliphatic rings. The summed E-state index contributed by atoms with van der Waals surface area (Å²) in [7, 11) is 0. The van der Waals surface area contributed by atoms with Gasteiger partial charge in [0, 0.05) is 19.3 Å². The van der Waals surface area contributed by atoms with E-state index in [0.29, 0.717) is 19.3 Å². The van der Waals surface area contributed by atoms with Gasteiger partial charge >= 0.3 is 0 Å². The fourth-order valence-electron chi connectivity index (χ4n) is 8.71. The summed E-state index contributed by atoms with van der Waals surface area (Å²) in [5, 5.41) is 34.1. The minimum Gasteiger partial charge on any atom is -0.382 e. The van der Waals surface area contributed by atoms with Gasteiger partial charge in [-0.1, -0.05) is 265 Å². The molecule has 0 heterocycles. The van der Waals surface area contributed by atoms with Gasteiger partial charge in [-0.05, 0) is 19.3 Å². The Morgan fingerprint density at radius 2 is 0.475 bits per heavy atom. The molecule has 0 spiro atoms. The minimum atomic E-state index is -2.79. The second-order valence-electron chi connectivity index (χ2n) is 18.7. The third-order valence-corrected chi connectivity index (χ3v) is 13.0. The van der Waals surface area contributed by atoms with E-state index in [9.17, 15) is 29.7 Å². The van der Waals surface area contributed by atoms with Crippen LogP contribution in [0.5, 0.6) is 0 Å². The summed E-state index contributed by atoms with van der Waals surface area (Å²) in [5.41, 5.74) is -2.79. The maximum Gasteiger partial charge on any atom is 0.189 e. The van der Waals surface area contributed by atoms with Crippen molar-refractivity contribution in [2.75, 3.05) is 0 Å². The Labute approximate surface area is 367 Å². The van der Waals surface area contributed by atoms with E-state index in [1.54, 1.807) is 0 Å². The largest absolute Gasteiger partial charge is 0.382 e. The fraction of sp³-hybridized carbons (Fsp3) is 0.943. The van der Waals surface area contributed by atoms with Gasteiger partial charge in [0.1, 0.15) is 0 Å². The van der Waals surface area contributed by atoms with Crippen molar-refractivity contribution in [2.24, 2.45) is 0 Å². The summed E-state index contributed by atoms with van der Waals surface area (Å²) in [5.74, 6) is -2.11. The van der Waals surface area contributed by atoms with Gasteiger partial charge in [-0.25, -0.2) is 0 Å². The molecule has 0 aliphatic carbocycles. The van der Waals surface area contributed by atoms with Crippen LogP contribution < -0.4 is 0 Å². The van der Waals surface area contributed by atoms with Crippen LogP contribution >= 0.6 is 0 Å². The Bertz CT molecular complexity index is 935. The van der Waals surface area contributed by atoms with Crippen molar-refractivity contribution in [1.29, 1.82) is 0 Å². The molecule has 3 N–H and O–H groups in total. The van der Waals surface area contributed by atoms with Crippen molar-refractivity contribution in [1.82, 2.24) is 0 Å². The smallest absolute Gasteiger partial charge is 0.189 e. The van der Waals surface area contributed by atoms with Crippen LogP contribution in [0.3, 0.4) is 0 Å². The second kappa shape index (κ2) is 43.5. The van der Waals surface area contributed by atoms with Crippen LogP contribution in [-0.4, -0.2) is 50.5 Å². The molecular weight excluding hydrogens is 733 g/mol. The first kappa shape index (κ1) is 57.9. The third-order valence-electron chi connectivity index (χ3n) is 13.0. The molecule has 0 aromatic carbocycles. The van der Waals surface area contributed by atoms with E-state index in [0.717, 1.165) is 57.8 Å². The van der Waals surface area contributed by atoms with Gasteiger partial charge in [0.15, 0.2) is 35.2 Å². The van der Waals surface area contributed by atoms with Crippen molar-refractivity contribution in [3.63, 3.8) is 0 Å². The summed E-state index contributed by atoms with van der Waals surface area (Å²) < 4.78 is 0. The number of hydrogen-bond donors (Lipinski definition) is 3. The Balaban J connectivity index is 4.75. The zero-order valence-electron chi connectivity index (χ0n) is 39.8. The molecule has 0 radical (unpaired) electrons. The molecule has 0 saturated carbocycles. The van der Waals surface area contributed by atoms with Gasteiger partial charge in [0.05, 0.1) is 0 Å². The number of carbonyl (C=O) groups excluding carboxylic acids is 3. The first-order valence-corrected chi connectivity index (χ1v) is 26.4. The van der Waals surface area contributed by atoms with E-state index in [1.807, 2.05) is 0 Å². The summed E-state index contributed by atoms with van der Waals surface area (Å²) in [6.45, 7) is 6.75. The van der Waals surface area contributed by atoms with Crippen LogP contribution in [0.1, 0.15) is 303 Å². The molecule has 0 amide bonds. The average Bonchev–Trinajstić information content (AvgIpc) is 3.24. The Morgan fingerprint density at radius 1 is 0.305 bits per heavy atom. The summed E-state index contributed by atoms with van der Waals surface area (Å²) in [6, 6.07) is 0. The molecule has 3 atom stereocenters. The maximum absolute atomic E-state index is 13.6. The normalized spacial score (nSPS) is 13.7. The molecule has 0 fully saturated rings. The Morgan fingerprint density at radius 3 is 0.678 bits per heavy atom.